The molecule has 0 aliphatic heterocycles. The maximum atomic E-state index is 14.5. The zero-order valence-electron chi connectivity index (χ0n) is 23.6. The molecule has 0 saturated carbocycles. The highest BCUT2D eigenvalue weighted by Gasteiger charge is 2.28. The summed E-state index contributed by atoms with van der Waals surface area (Å²) in [6.07, 6.45) is 2.82. The summed E-state index contributed by atoms with van der Waals surface area (Å²) in [5.41, 5.74) is 8.72. The van der Waals surface area contributed by atoms with Crippen molar-refractivity contribution in [1.82, 2.24) is 24.1 Å². The van der Waals surface area contributed by atoms with Gasteiger partial charge in [0, 0.05) is 10.9 Å². The Morgan fingerprint density at radius 2 is 1.95 bits per heavy atom. The molecule has 3 N–H and O–H groups in total. The fourth-order valence-corrected chi connectivity index (χ4v) is 7.04. The molecule has 0 radical (unpaired) electrons. The summed E-state index contributed by atoms with van der Waals surface area (Å²) >= 11 is 7.70. The number of nitrogen functional groups attached to an aromatic ring is 1. The zero-order valence-corrected chi connectivity index (χ0v) is 26.0. The van der Waals surface area contributed by atoms with E-state index in [9.17, 15) is 17.6 Å². The molecule has 226 valence electrons. The van der Waals surface area contributed by atoms with Crippen molar-refractivity contribution in [2.24, 2.45) is 0 Å². The van der Waals surface area contributed by atoms with E-state index in [-0.39, 0.29) is 22.2 Å². The third-order valence-electron chi connectivity index (χ3n) is 7.14. The molecule has 0 spiro atoms. The van der Waals surface area contributed by atoms with Crippen molar-refractivity contribution < 1.29 is 17.5 Å². The van der Waals surface area contributed by atoms with Crippen LogP contribution in [0.1, 0.15) is 24.9 Å². The van der Waals surface area contributed by atoms with E-state index in [1.165, 1.54) is 41.3 Å². The smallest absolute Gasteiger partial charge is 0.265 e. The van der Waals surface area contributed by atoms with Crippen molar-refractivity contribution in [3.63, 3.8) is 0 Å². The van der Waals surface area contributed by atoms with Crippen molar-refractivity contribution in [1.29, 1.82) is 0 Å². The normalized spacial score (nSPS) is 12.6. The van der Waals surface area contributed by atoms with Gasteiger partial charge in [-0.05, 0) is 53.9 Å². The number of ether oxygens (including phenoxy) is 1. The van der Waals surface area contributed by atoms with Gasteiger partial charge in [-0.3, -0.25) is 13.9 Å². The molecule has 4 aromatic heterocycles. The minimum Gasteiger partial charge on any atom is -0.495 e. The number of nitrogens with one attached hydrogen (secondary N) is 1. The summed E-state index contributed by atoms with van der Waals surface area (Å²) in [7, 11) is -2.20. The van der Waals surface area contributed by atoms with Crippen LogP contribution in [0.3, 0.4) is 0 Å². The van der Waals surface area contributed by atoms with E-state index in [0.29, 0.717) is 50.4 Å². The number of sulfonamides is 1. The summed E-state index contributed by atoms with van der Waals surface area (Å²) in [6, 6.07) is 12.0. The summed E-state index contributed by atoms with van der Waals surface area (Å²) in [5, 5.41) is 7.29. The van der Waals surface area contributed by atoms with Crippen molar-refractivity contribution in [3.8, 4) is 28.1 Å². The predicted octanol–water partition coefficient (Wildman–Crippen LogP) is 5.59. The standard InChI is InChI=1S/C29H25ClFN7O4S2/c1-4-20(18-12-23-37(22(30)13-43-23)29(39)24(18)15-6-5-7-17(31)10-15)38-28-25(27(32)33-14-34-28)26(35-38)16-8-9-21(42-2)19(11-16)36-44(3,40)41/h5-14,20,36H,4H2,1-3H3,(H2,32,33,34)/t20-/m0/s1. The number of pyridine rings is 1. The van der Waals surface area contributed by atoms with Gasteiger partial charge in [-0.25, -0.2) is 27.5 Å². The van der Waals surface area contributed by atoms with Gasteiger partial charge in [0.15, 0.2) is 5.65 Å². The number of hydrogen-bond acceptors (Lipinski definition) is 9. The van der Waals surface area contributed by atoms with Crippen molar-refractivity contribution in [3.05, 3.63) is 87.1 Å². The maximum Gasteiger partial charge on any atom is 0.265 e. The van der Waals surface area contributed by atoms with E-state index in [2.05, 4.69) is 14.7 Å². The van der Waals surface area contributed by atoms with Crippen molar-refractivity contribution in [2.45, 2.75) is 19.4 Å². The highest BCUT2D eigenvalue weighted by Crippen LogP contribution is 2.39. The number of nitrogens with two attached hydrogens (primary N) is 1. The van der Waals surface area contributed by atoms with Gasteiger partial charge in [-0.1, -0.05) is 30.7 Å². The molecule has 44 heavy (non-hydrogen) atoms. The van der Waals surface area contributed by atoms with E-state index < -0.39 is 27.4 Å². The predicted molar refractivity (Wildman–Crippen MR) is 171 cm³/mol. The summed E-state index contributed by atoms with van der Waals surface area (Å²) < 4.78 is 49.5. The molecular formula is C29H25ClFN7O4S2. The molecule has 4 heterocycles. The number of aromatic nitrogens is 5. The van der Waals surface area contributed by atoms with Gasteiger partial charge in [-0.2, -0.15) is 5.10 Å². The topological polar surface area (TPSA) is 146 Å². The minimum atomic E-state index is -3.63. The number of benzene rings is 2. The molecule has 0 aliphatic carbocycles. The number of nitrogens with zero attached hydrogens (tertiary/aromatic N) is 5. The van der Waals surface area contributed by atoms with Crippen LogP contribution >= 0.6 is 22.9 Å². The van der Waals surface area contributed by atoms with Gasteiger partial charge < -0.3 is 10.5 Å². The van der Waals surface area contributed by atoms with E-state index in [1.54, 1.807) is 40.4 Å². The van der Waals surface area contributed by atoms with E-state index in [0.717, 1.165) is 6.26 Å². The molecule has 11 nitrogen and oxygen atoms in total. The Bertz CT molecular complexity index is 2250. The minimum absolute atomic E-state index is 0.158. The van der Waals surface area contributed by atoms with Gasteiger partial charge in [0.1, 0.15) is 39.4 Å². The lowest BCUT2D eigenvalue weighted by Crippen LogP contribution is -2.21. The first-order valence-electron chi connectivity index (χ1n) is 13.2. The van der Waals surface area contributed by atoms with Gasteiger partial charge in [0.2, 0.25) is 10.0 Å². The molecule has 1 atom stereocenters. The molecule has 0 fully saturated rings. The second-order valence-corrected chi connectivity index (χ2v) is 13.0. The molecule has 0 unspecified atom stereocenters. The first-order chi connectivity index (χ1) is 21.0. The lowest BCUT2D eigenvalue weighted by Gasteiger charge is -2.21. The Morgan fingerprint density at radius 1 is 1.16 bits per heavy atom. The number of anilines is 2. The van der Waals surface area contributed by atoms with Gasteiger partial charge in [0.05, 0.1) is 36.0 Å². The fourth-order valence-electron chi connectivity index (χ4n) is 5.33. The zero-order chi connectivity index (χ0) is 31.3. The second-order valence-electron chi connectivity index (χ2n) is 9.99. The van der Waals surface area contributed by atoms with Gasteiger partial charge >= 0.3 is 0 Å². The Morgan fingerprint density at radius 3 is 2.66 bits per heavy atom. The quantitative estimate of drug-likeness (QED) is 0.216. The number of methoxy groups -OCH3 is 1. The lowest BCUT2D eigenvalue weighted by molar-refractivity contribution is 0.417. The molecule has 15 heteroatoms. The van der Waals surface area contributed by atoms with Crippen molar-refractivity contribution >= 4 is 60.3 Å². The van der Waals surface area contributed by atoms with Crippen LogP contribution in [0.25, 0.3) is 38.2 Å². The van der Waals surface area contributed by atoms with Gasteiger partial charge in [-0.15, -0.1) is 11.3 Å². The van der Waals surface area contributed by atoms with Crippen molar-refractivity contribution in [2.75, 3.05) is 23.8 Å². The SMILES string of the molecule is CC[C@@H](c1cc2scc(Cl)n2c(=O)c1-c1cccc(F)c1)n1nc(-c2ccc(OC)c(NS(C)(=O)=O)c2)c2c(N)ncnc21. The summed E-state index contributed by atoms with van der Waals surface area (Å²) in [4.78, 5) is 23.3. The Hall–Kier alpha value is -4.53. The Balaban J connectivity index is 1.63. The average Bonchev–Trinajstić information content (AvgIpc) is 3.54. The number of fused-ring (bicyclic) bond motifs is 2. The Kier molecular flexibility index (Phi) is 7.51. The molecule has 0 bridgehead atoms. The number of hydrogen-bond donors (Lipinski definition) is 2. The van der Waals surface area contributed by atoms with Crippen LogP contribution in [0.4, 0.5) is 15.9 Å². The Labute approximate surface area is 259 Å². The largest absolute Gasteiger partial charge is 0.495 e. The van der Waals surface area contributed by atoms with Crippen LogP contribution in [-0.4, -0.2) is 45.9 Å². The number of rotatable bonds is 8. The molecule has 6 rings (SSSR count). The van der Waals surface area contributed by atoms with Crippen LogP contribution in [0, 0.1) is 5.82 Å². The molecule has 0 amide bonds. The summed E-state index contributed by atoms with van der Waals surface area (Å²) in [5.74, 6) is -0.0279. The van der Waals surface area contributed by atoms with Crippen LogP contribution in [0.5, 0.6) is 5.75 Å². The number of halogens is 2. The van der Waals surface area contributed by atoms with E-state index >= 15 is 0 Å². The number of thiazole rings is 1. The fraction of sp³-hybridized carbons (Fsp3) is 0.172. The highest BCUT2D eigenvalue weighted by atomic mass is 35.5. The lowest BCUT2D eigenvalue weighted by atomic mass is 9.95. The molecule has 6 aromatic rings. The van der Waals surface area contributed by atoms with Crippen LogP contribution in [0.15, 0.2) is 65.0 Å². The first kappa shape index (κ1) is 29.5. The average molecular weight is 654 g/mol. The highest BCUT2D eigenvalue weighted by molar-refractivity contribution is 7.92. The molecular weight excluding hydrogens is 629 g/mol. The summed E-state index contributed by atoms with van der Waals surface area (Å²) in [6.45, 7) is 1.93. The third-order valence-corrected chi connectivity index (χ3v) is 9.02. The maximum absolute atomic E-state index is 14.5. The second kappa shape index (κ2) is 11.2. The van der Waals surface area contributed by atoms with Crippen LogP contribution in [0.2, 0.25) is 5.15 Å². The first-order valence-corrected chi connectivity index (χ1v) is 16.4. The van der Waals surface area contributed by atoms with Gasteiger partial charge in [0.25, 0.3) is 5.56 Å². The van der Waals surface area contributed by atoms with E-state index in [4.69, 9.17) is 27.2 Å². The third kappa shape index (κ3) is 5.14. The molecule has 0 saturated heterocycles. The molecule has 0 aliphatic rings. The van der Waals surface area contributed by atoms with Crippen LogP contribution in [-0.2, 0) is 10.0 Å². The van der Waals surface area contributed by atoms with E-state index in [1.807, 2.05) is 13.0 Å². The molecule has 2 aromatic carbocycles. The van der Waals surface area contributed by atoms with Crippen LogP contribution < -0.4 is 20.8 Å². The monoisotopic (exact) mass is 653 g/mol.